The van der Waals surface area contributed by atoms with Crippen molar-refractivity contribution in [3.05, 3.63) is 27.8 Å². The van der Waals surface area contributed by atoms with E-state index in [1.807, 2.05) is 6.07 Å². The molecule has 0 saturated heterocycles. The van der Waals surface area contributed by atoms with E-state index in [0.29, 0.717) is 16.3 Å². The Balaban J connectivity index is 0.00000180. The smallest absolute Gasteiger partial charge is 0.150 e. The van der Waals surface area contributed by atoms with Crippen LogP contribution >= 0.6 is 11.6 Å². The zero-order valence-electron chi connectivity index (χ0n) is 10.4. The first-order chi connectivity index (χ1) is 8.69. The van der Waals surface area contributed by atoms with Crippen LogP contribution in [0.3, 0.4) is 0 Å². The minimum atomic E-state index is 0. The molecule has 0 fully saturated rings. The predicted molar refractivity (Wildman–Crippen MR) is 73.1 cm³/mol. The zero-order chi connectivity index (χ0) is 13.1. The van der Waals surface area contributed by atoms with Gasteiger partial charge in [0, 0.05) is 27.0 Å². The van der Waals surface area contributed by atoms with E-state index in [0.717, 1.165) is 30.6 Å². The van der Waals surface area contributed by atoms with Gasteiger partial charge in [-0.25, -0.2) is 0 Å². The molecule has 0 atom stereocenters. The van der Waals surface area contributed by atoms with Crippen molar-refractivity contribution in [3.8, 4) is 5.75 Å². The van der Waals surface area contributed by atoms with Gasteiger partial charge in [0.1, 0.15) is 11.6 Å². The van der Waals surface area contributed by atoms with Crippen LogP contribution in [0.25, 0.3) is 5.53 Å². The molecule has 108 valence electrons. The van der Waals surface area contributed by atoms with E-state index < -0.39 is 0 Å². The number of aryl methyl sites for hydroxylation is 1. The summed E-state index contributed by atoms with van der Waals surface area (Å²) < 4.78 is 5.29. The Bertz CT molecular complexity index is 494. The van der Waals surface area contributed by atoms with Gasteiger partial charge in [-0.05, 0) is 24.5 Å². The first kappa shape index (κ1) is 16.1. The maximum Gasteiger partial charge on any atom is 0.150 e. The molecule has 0 aliphatic carbocycles. The summed E-state index contributed by atoms with van der Waals surface area (Å²) in [5.74, 6) is 5.70. The Morgan fingerprint density at radius 1 is 1.58 bits per heavy atom. The molecule has 1 aliphatic heterocycles. The number of hydrogen-bond acceptors (Lipinski definition) is 4. The summed E-state index contributed by atoms with van der Waals surface area (Å²) in [6, 6.07) is 1.89. The molecule has 0 bridgehead atoms. The topological polar surface area (TPSA) is 99.8 Å². The number of amidine groups is 1. The van der Waals surface area contributed by atoms with Gasteiger partial charge in [-0.1, -0.05) is 11.6 Å². The molecule has 8 heteroatoms. The monoisotopic (exact) mass is 374 g/mol. The molecule has 0 saturated carbocycles. The van der Waals surface area contributed by atoms with Crippen molar-refractivity contribution in [1.29, 1.82) is 0 Å². The molecule has 0 amide bonds. The number of hydrogen-bond donors (Lipinski definition) is 3. The van der Waals surface area contributed by atoms with E-state index in [2.05, 4.69) is 16.0 Å². The first-order valence-corrected chi connectivity index (χ1v) is 5.93. The average Bonchev–Trinajstić information content (AvgIpc) is 2.37. The van der Waals surface area contributed by atoms with Gasteiger partial charge in [0.2, 0.25) is 0 Å². The van der Waals surface area contributed by atoms with Crippen molar-refractivity contribution in [3.63, 3.8) is 0 Å². The van der Waals surface area contributed by atoms with Crippen LogP contribution in [-0.4, -0.2) is 19.5 Å². The fourth-order valence-electron chi connectivity index (χ4n) is 2.13. The summed E-state index contributed by atoms with van der Waals surface area (Å²) in [6.45, 7) is 0.873. The fourth-order valence-corrected chi connectivity index (χ4v) is 2.44. The molecule has 0 aromatic heterocycles. The number of methoxy groups -OCH3 is 1. The third-order valence-corrected chi connectivity index (χ3v) is 3.15. The van der Waals surface area contributed by atoms with Crippen LogP contribution in [0.1, 0.15) is 17.5 Å². The Kier molecular flexibility index (Phi) is 5.89. The van der Waals surface area contributed by atoms with Gasteiger partial charge in [0.05, 0.1) is 23.4 Å². The molecule has 0 spiro atoms. The van der Waals surface area contributed by atoms with Gasteiger partial charge >= 0.3 is 0 Å². The Hall–Kier alpha value is -0.998. The summed E-state index contributed by atoms with van der Waals surface area (Å²) in [5.41, 5.74) is 11.7. The number of benzene rings is 1. The maximum atomic E-state index is 6.19. The van der Waals surface area contributed by atoms with Crippen LogP contribution in [0.2, 0.25) is 5.02 Å². The Labute approximate surface area is 130 Å². The molecule has 1 aromatic carbocycles. The van der Waals surface area contributed by atoms with E-state index in [1.54, 1.807) is 0 Å². The number of fused-ring (bicyclic) bond motifs is 1. The molecule has 0 unspecified atom stereocenters. The molecular formula is C11H15ClN5OPd-. The Morgan fingerprint density at radius 2 is 2.32 bits per heavy atom. The van der Waals surface area contributed by atoms with E-state index in [1.165, 1.54) is 7.11 Å². The third kappa shape index (κ3) is 3.12. The van der Waals surface area contributed by atoms with E-state index >= 15 is 0 Å². The largest absolute Gasteiger partial charge is 0.541 e. The number of halogens is 1. The van der Waals surface area contributed by atoms with Crippen LogP contribution in [0.4, 0.5) is 5.69 Å². The average molecular weight is 375 g/mol. The van der Waals surface area contributed by atoms with Gasteiger partial charge in [0.25, 0.3) is 0 Å². The first-order valence-electron chi connectivity index (χ1n) is 5.56. The standard InChI is InChI=1S/C11H15ClN5O.Pd/c1-18-10-7(12)5-6-3-2-4-15-9(6)8(10)11(13)16-17-14;/h5,15H,2-4,14H2,1H3,(H2,13,16);/q-1;. The molecule has 2 rings (SSSR count). The number of ether oxygens (including phenoxy) is 1. The quantitative estimate of drug-likeness (QED) is 0.246. The second-order valence-electron chi connectivity index (χ2n) is 3.93. The molecule has 1 aromatic rings. The SMILES string of the molecule is COc1c(Cl)cc2c(c1/C(N)=N/[N-]N)NCCC2.[Pd]. The molecule has 0 radical (unpaired) electrons. The van der Waals surface area contributed by atoms with Gasteiger partial charge < -0.3 is 32.3 Å². The van der Waals surface area contributed by atoms with Gasteiger partial charge in [0.15, 0.2) is 0 Å². The number of rotatable bonds is 3. The number of nitrogens with two attached hydrogens (primary N) is 2. The summed E-state index contributed by atoms with van der Waals surface area (Å²) in [5, 5.41) is 7.47. The summed E-state index contributed by atoms with van der Waals surface area (Å²) in [7, 11) is 1.53. The van der Waals surface area contributed by atoms with E-state index in [9.17, 15) is 0 Å². The zero-order valence-corrected chi connectivity index (χ0v) is 12.7. The molecule has 1 aliphatic rings. The van der Waals surface area contributed by atoms with Crippen molar-refractivity contribution >= 4 is 23.1 Å². The molecule has 5 N–H and O–H groups in total. The minimum Gasteiger partial charge on any atom is -0.541 e. The van der Waals surface area contributed by atoms with Crippen molar-refractivity contribution in [1.82, 2.24) is 0 Å². The van der Waals surface area contributed by atoms with Crippen molar-refractivity contribution in [2.24, 2.45) is 16.7 Å². The number of nitrogens with zero attached hydrogens (tertiary/aromatic N) is 2. The van der Waals surface area contributed by atoms with Gasteiger partial charge in [-0.15, -0.1) is 0 Å². The van der Waals surface area contributed by atoms with E-state index in [-0.39, 0.29) is 26.3 Å². The van der Waals surface area contributed by atoms with Gasteiger partial charge in [-0.3, -0.25) is 0 Å². The molecular weight excluding hydrogens is 360 g/mol. The van der Waals surface area contributed by atoms with Crippen molar-refractivity contribution < 1.29 is 25.2 Å². The second-order valence-corrected chi connectivity index (χ2v) is 4.34. The van der Waals surface area contributed by atoms with Crippen LogP contribution < -0.4 is 21.6 Å². The number of anilines is 1. The number of nitrogens with one attached hydrogen (secondary N) is 1. The second kappa shape index (κ2) is 6.96. The van der Waals surface area contributed by atoms with Crippen LogP contribution in [0.15, 0.2) is 11.2 Å². The predicted octanol–water partition coefficient (Wildman–Crippen LogP) is 1.57. The molecule has 1 heterocycles. The van der Waals surface area contributed by atoms with E-state index in [4.69, 9.17) is 27.9 Å². The Morgan fingerprint density at radius 3 is 2.95 bits per heavy atom. The minimum absolute atomic E-state index is 0. The maximum absolute atomic E-state index is 6.19. The van der Waals surface area contributed by atoms with Crippen LogP contribution in [0.5, 0.6) is 5.75 Å². The third-order valence-electron chi connectivity index (χ3n) is 2.87. The summed E-state index contributed by atoms with van der Waals surface area (Å²) >= 11 is 6.19. The summed E-state index contributed by atoms with van der Waals surface area (Å²) in [4.78, 5) is 0. The van der Waals surface area contributed by atoms with Gasteiger partial charge in [-0.2, -0.15) is 0 Å². The van der Waals surface area contributed by atoms with Crippen molar-refractivity contribution in [2.75, 3.05) is 19.0 Å². The molecule has 6 nitrogen and oxygen atoms in total. The van der Waals surface area contributed by atoms with Crippen LogP contribution in [0, 0.1) is 0 Å². The van der Waals surface area contributed by atoms with Crippen LogP contribution in [-0.2, 0) is 26.8 Å². The fraction of sp³-hybridized carbons (Fsp3) is 0.364. The van der Waals surface area contributed by atoms with Crippen molar-refractivity contribution in [2.45, 2.75) is 12.8 Å². The summed E-state index contributed by atoms with van der Waals surface area (Å²) in [6.07, 6.45) is 1.99. The molecule has 19 heavy (non-hydrogen) atoms. The normalized spacial score (nSPS) is 13.9.